The standard InChI is InChI=1S/C40H32N2O4/c1-43-29-13-17-33-34-18-14-30(44-2)22-38(34)41(37(33)21-29)27-9-5-25(6-10-27)26-7-11-28(12-8-26)42-39-23-31(45-3)15-19-35(39)36-20-16-32(46-4)24-40(36)42/h5-24H,1-4H3. The molecule has 0 saturated carbocycles. The van der Waals surface area contributed by atoms with Gasteiger partial charge in [-0.05, 0) is 83.9 Å². The van der Waals surface area contributed by atoms with E-state index in [1.807, 2.05) is 24.3 Å². The van der Waals surface area contributed by atoms with Crippen molar-refractivity contribution < 1.29 is 18.9 Å². The Kier molecular flexibility index (Phi) is 6.57. The molecule has 0 spiro atoms. The molecule has 8 rings (SSSR count). The summed E-state index contributed by atoms with van der Waals surface area (Å²) in [6.07, 6.45) is 0. The molecule has 0 bridgehead atoms. The largest absolute Gasteiger partial charge is 0.497 e. The van der Waals surface area contributed by atoms with E-state index in [-0.39, 0.29) is 0 Å². The number of rotatable bonds is 7. The van der Waals surface area contributed by atoms with Crippen LogP contribution in [0.5, 0.6) is 23.0 Å². The number of aromatic nitrogens is 2. The van der Waals surface area contributed by atoms with Gasteiger partial charge in [0, 0.05) is 57.2 Å². The fraction of sp³-hybridized carbons (Fsp3) is 0.100. The summed E-state index contributed by atoms with van der Waals surface area (Å²) in [4.78, 5) is 0. The van der Waals surface area contributed by atoms with E-state index >= 15 is 0 Å². The van der Waals surface area contributed by atoms with Crippen molar-refractivity contribution in [2.45, 2.75) is 0 Å². The molecule has 2 heterocycles. The predicted octanol–water partition coefficient (Wildman–Crippen LogP) is 9.58. The molecule has 0 radical (unpaired) electrons. The van der Waals surface area contributed by atoms with Gasteiger partial charge < -0.3 is 28.1 Å². The van der Waals surface area contributed by atoms with Crippen molar-refractivity contribution >= 4 is 43.6 Å². The number of hydrogen-bond donors (Lipinski definition) is 0. The summed E-state index contributed by atoms with van der Waals surface area (Å²) < 4.78 is 26.9. The van der Waals surface area contributed by atoms with E-state index in [4.69, 9.17) is 18.9 Å². The van der Waals surface area contributed by atoms with Crippen LogP contribution in [0.4, 0.5) is 0 Å². The van der Waals surface area contributed by atoms with Crippen LogP contribution in [-0.2, 0) is 0 Å². The maximum absolute atomic E-state index is 5.59. The summed E-state index contributed by atoms with van der Waals surface area (Å²) in [7, 11) is 6.80. The molecule has 0 aliphatic carbocycles. The number of methoxy groups -OCH3 is 4. The number of benzene rings is 6. The summed E-state index contributed by atoms with van der Waals surface area (Å²) >= 11 is 0. The van der Waals surface area contributed by atoms with Crippen molar-refractivity contribution in [3.05, 3.63) is 121 Å². The predicted molar refractivity (Wildman–Crippen MR) is 187 cm³/mol. The van der Waals surface area contributed by atoms with Gasteiger partial charge in [-0.3, -0.25) is 0 Å². The van der Waals surface area contributed by atoms with E-state index in [0.29, 0.717) is 0 Å². The van der Waals surface area contributed by atoms with Crippen molar-refractivity contribution in [1.29, 1.82) is 0 Å². The Morgan fingerprint density at radius 2 is 0.587 bits per heavy atom. The highest BCUT2D eigenvalue weighted by atomic mass is 16.5. The summed E-state index contributed by atoms with van der Waals surface area (Å²) in [6.45, 7) is 0. The molecular weight excluding hydrogens is 572 g/mol. The Morgan fingerprint density at radius 3 is 0.826 bits per heavy atom. The maximum Gasteiger partial charge on any atom is 0.120 e. The van der Waals surface area contributed by atoms with E-state index in [0.717, 1.165) is 67.6 Å². The Bertz CT molecular complexity index is 2110. The smallest absolute Gasteiger partial charge is 0.120 e. The highest BCUT2D eigenvalue weighted by Crippen LogP contribution is 2.38. The highest BCUT2D eigenvalue weighted by molar-refractivity contribution is 6.11. The van der Waals surface area contributed by atoms with Gasteiger partial charge in [0.1, 0.15) is 23.0 Å². The molecule has 0 aliphatic heterocycles. The van der Waals surface area contributed by atoms with Crippen molar-refractivity contribution in [2.24, 2.45) is 0 Å². The second kappa shape index (κ2) is 10.9. The SMILES string of the molecule is COc1ccc2c3ccc(OC)cc3n(-c3ccc(-c4ccc(-n5c6cc(OC)ccc6c6ccc(OC)cc65)cc4)cc3)c2c1. The molecule has 0 unspecified atom stereocenters. The van der Waals surface area contributed by atoms with Crippen LogP contribution in [0.25, 0.3) is 66.1 Å². The minimum atomic E-state index is 0.820. The van der Waals surface area contributed by atoms with Crippen LogP contribution in [0.3, 0.4) is 0 Å². The normalized spacial score (nSPS) is 11.5. The lowest BCUT2D eigenvalue weighted by molar-refractivity contribution is 0.415. The summed E-state index contributed by atoms with van der Waals surface area (Å²) in [5.74, 6) is 3.28. The molecule has 0 amide bonds. The summed E-state index contributed by atoms with van der Waals surface area (Å²) in [5, 5.41) is 4.66. The first-order valence-electron chi connectivity index (χ1n) is 15.1. The third-order valence-corrected chi connectivity index (χ3v) is 8.95. The van der Waals surface area contributed by atoms with Crippen LogP contribution >= 0.6 is 0 Å². The second-order valence-corrected chi connectivity index (χ2v) is 11.3. The molecule has 0 atom stereocenters. The van der Waals surface area contributed by atoms with Crippen LogP contribution in [0.2, 0.25) is 0 Å². The first-order valence-corrected chi connectivity index (χ1v) is 15.1. The van der Waals surface area contributed by atoms with E-state index < -0.39 is 0 Å². The molecular formula is C40H32N2O4. The molecule has 0 N–H and O–H groups in total. The number of nitrogens with zero attached hydrogens (tertiary/aromatic N) is 2. The number of ether oxygens (including phenoxy) is 4. The Labute approximate surface area is 266 Å². The second-order valence-electron chi connectivity index (χ2n) is 11.3. The molecule has 6 heteroatoms. The molecule has 2 aromatic heterocycles. The van der Waals surface area contributed by atoms with Crippen LogP contribution in [-0.4, -0.2) is 37.6 Å². The van der Waals surface area contributed by atoms with Crippen LogP contribution in [0, 0.1) is 0 Å². The molecule has 0 fully saturated rings. The quantitative estimate of drug-likeness (QED) is 0.182. The molecule has 6 aromatic carbocycles. The van der Waals surface area contributed by atoms with Gasteiger partial charge in [-0.2, -0.15) is 0 Å². The summed E-state index contributed by atoms with van der Waals surface area (Å²) in [6, 6.07) is 42.3. The average molecular weight is 605 g/mol. The fourth-order valence-electron chi connectivity index (χ4n) is 6.63. The third-order valence-electron chi connectivity index (χ3n) is 8.95. The van der Waals surface area contributed by atoms with Gasteiger partial charge in [0.25, 0.3) is 0 Å². The first-order chi connectivity index (χ1) is 22.6. The molecule has 6 nitrogen and oxygen atoms in total. The monoisotopic (exact) mass is 604 g/mol. The minimum absolute atomic E-state index is 0.820. The van der Waals surface area contributed by atoms with Crippen molar-refractivity contribution in [3.8, 4) is 45.5 Å². The van der Waals surface area contributed by atoms with Gasteiger partial charge in [-0.15, -0.1) is 0 Å². The van der Waals surface area contributed by atoms with Gasteiger partial charge in [0.15, 0.2) is 0 Å². The van der Waals surface area contributed by atoms with Crippen LogP contribution < -0.4 is 18.9 Å². The van der Waals surface area contributed by atoms with Gasteiger partial charge in [0.2, 0.25) is 0 Å². The molecule has 0 aliphatic rings. The van der Waals surface area contributed by atoms with E-state index in [9.17, 15) is 0 Å². The lowest BCUT2D eigenvalue weighted by Crippen LogP contribution is -1.96. The van der Waals surface area contributed by atoms with Crippen molar-refractivity contribution in [2.75, 3.05) is 28.4 Å². The van der Waals surface area contributed by atoms with Crippen molar-refractivity contribution in [1.82, 2.24) is 9.13 Å². The zero-order valence-electron chi connectivity index (χ0n) is 26.1. The van der Waals surface area contributed by atoms with Gasteiger partial charge >= 0.3 is 0 Å². The molecule has 0 saturated heterocycles. The lowest BCUT2D eigenvalue weighted by Gasteiger charge is -2.12. The van der Waals surface area contributed by atoms with Crippen molar-refractivity contribution in [3.63, 3.8) is 0 Å². The highest BCUT2D eigenvalue weighted by Gasteiger charge is 2.16. The van der Waals surface area contributed by atoms with Gasteiger partial charge in [0.05, 0.1) is 50.5 Å². The molecule has 226 valence electrons. The maximum atomic E-state index is 5.59. The summed E-state index contributed by atoms with van der Waals surface area (Å²) in [5.41, 5.74) is 8.73. The third kappa shape index (κ3) is 4.33. The van der Waals surface area contributed by atoms with Gasteiger partial charge in [-0.25, -0.2) is 0 Å². The zero-order chi connectivity index (χ0) is 31.4. The lowest BCUT2D eigenvalue weighted by atomic mass is 10.0. The van der Waals surface area contributed by atoms with E-state index in [1.54, 1.807) is 28.4 Å². The topological polar surface area (TPSA) is 46.8 Å². The Balaban J connectivity index is 1.21. The van der Waals surface area contributed by atoms with E-state index in [2.05, 4.69) is 106 Å². The fourth-order valence-corrected chi connectivity index (χ4v) is 6.63. The van der Waals surface area contributed by atoms with E-state index in [1.165, 1.54) is 21.5 Å². The number of fused-ring (bicyclic) bond motifs is 6. The number of hydrogen-bond acceptors (Lipinski definition) is 4. The Morgan fingerprint density at radius 1 is 0.326 bits per heavy atom. The van der Waals surface area contributed by atoms with Gasteiger partial charge in [-0.1, -0.05) is 24.3 Å². The molecule has 8 aromatic rings. The molecule has 46 heavy (non-hydrogen) atoms. The van der Waals surface area contributed by atoms with Crippen LogP contribution in [0.1, 0.15) is 0 Å². The first kappa shape index (κ1) is 27.7. The average Bonchev–Trinajstić information content (AvgIpc) is 3.62. The Hall–Kier alpha value is -5.88. The zero-order valence-corrected chi connectivity index (χ0v) is 26.1. The van der Waals surface area contributed by atoms with Crippen LogP contribution in [0.15, 0.2) is 121 Å². The minimum Gasteiger partial charge on any atom is -0.497 e.